The number of carbonyl (C=O) groups is 1. The molecule has 1 unspecified atom stereocenters. The maximum Gasteiger partial charge on any atom is 0.256 e. The Morgan fingerprint density at radius 2 is 1.82 bits per heavy atom. The summed E-state index contributed by atoms with van der Waals surface area (Å²) in [5, 5.41) is 5.84. The van der Waals surface area contributed by atoms with Gasteiger partial charge in [0.1, 0.15) is 0 Å². The predicted octanol–water partition coefficient (Wildman–Crippen LogP) is 3.82. The lowest BCUT2D eigenvalue weighted by Gasteiger charge is -2.14. The third-order valence-corrected chi connectivity index (χ3v) is 3.77. The van der Waals surface area contributed by atoms with Crippen LogP contribution in [0.25, 0.3) is 4.85 Å². The fraction of sp³-hybridized carbons (Fsp3) is 0.167. The van der Waals surface area contributed by atoms with Crippen LogP contribution in [0.1, 0.15) is 12.5 Å². The van der Waals surface area contributed by atoms with E-state index in [4.69, 9.17) is 6.57 Å². The van der Waals surface area contributed by atoms with Crippen LogP contribution in [0.3, 0.4) is 0 Å². The normalized spacial score (nSPS) is 17.3. The number of anilines is 1. The summed E-state index contributed by atoms with van der Waals surface area (Å²) in [4.78, 5) is 16.0. The molecule has 0 saturated carbocycles. The number of hydrogen-bond donors (Lipinski definition) is 0. The van der Waals surface area contributed by atoms with Crippen molar-refractivity contribution in [3.05, 3.63) is 71.6 Å². The third kappa shape index (κ3) is 2.61. The average Bonchev–Trinajstić information content (AvgIpc) is 2.84. The second kappa shape index (κ2) is 5.82. The Morgan fingerprint density at radius 1 is 1.14 bits per heavy atom. The smallest absolute Gasteiger partial charge is 0.256 e. The van der Waals surface area contributed by atoms with Gasteiger partial charge >= 0.3 is 0 Å². The van der Waals surface area contributed by atoms with Gasteiger partial charge in [-0.3, -0.25) is 4.79 Å². The van der Waals surface area contributed by atoms with E-state index in [-0.39, 0.29) is 11.8 Å². The van der Waals surface area contributed by atoms with Gasteiger partial charge in [0, 0.05) is 5.71 Å². The lowest BCUT2D eigenvalue weighted by Crippen LogP contribution is -2.28. The Hall–Kier alpha value is -2.93. The molecule has 1 amide bonds. The zero-order chi connectivity index (χ0) is 15.5. The molecule has 2 aromatic carbocycles. The summed E-state index contributed by atoms with van der Waals surface area (Å²) in [5.74, 6) is -0.236. The maximum atomic E-state index is 12.6. The Kier molecular flexibility index (Phi) is 3.71. The van der Waals surface area contributed by atoms with Gasteiger partial charge in [0.05, 0.1) is 18.2 Å². The first-order valence-corrected chi connectivity index (χ1v) is 7.09. The van der Waals surface area contributed by atoms with E-state index in [0.29, 0.717) is 17.8 Å². The number of carbonyl (C=O) groups excluding carboxylic acids is 1. The quantitative estimate of drug-likeness (QED) is 0.791. The summed E-state index contributed by atoms with van der Waals surface area (Å²) in [6, 6.07) is 16.9. The molecule has 0 saturated heterocycles. The largest absolute Gasteiger partial charge is 0.272 e. The highest BCUT2D eigenvalue weighted by Crippen LogP contribution is 2.27. The summed E-state index contributed by atoms with van der Waals surface area (Å²) in [7, 11) is 0. The fourth-order valence-electron chi connectivity index (χ4n) is 2.54. The molecule has 0 aromatic heterocycles. The van der Waals surface area contributed by atoms with Crippen molar-refractivity contribution in [2.24, 2.45) is 11.0 Å². The number of nitrogens with zero attached hydrogens (tertiary/aromatic N) is 3. The molecule has 0 aliphatic carbocycles. The molecule has 0 bridgehead atoms. The van der Waals surface area contributed by atoms with Crippen molar-refractivity contribution in [3.8, 4) is 0 Å². The van der Waals surface area contributed by atoms with Gasteiger partial charge in [-0.05, 0) is 31.0 Å². The van der Waals surface area contributed by atoms with Crippen LogP contribution in [0, 0.1) is 12.5 Å². The van der Waals surface area contributed by atoms with Gasteiger partial charge in [-0.2, -0.15) is 5.10 Å². The van der Waals surface area contributed by atoms with E-state index in [0.717, 1.165) is 11.3 Å². The molecule has 1 aliphatic rings. The first-order valence-electron chi connectivity index (χ1n) is 7.09. The fourth-order valence-corrected chi connectivity index (χ4v) is 2.54. The highest BCUT2D eigenvalue weighted by Gasteiger charge is 2.34. The Morgan fingerprint density at radius 3 is 2.45 bits per heavy atom. The minimum Gasteiger partial charge on any atom is -0.272 e. The lowest BCUT2D eigenvalue weighted by atomic mass is 9.95. The Bertz CT molecular complexity index is 757. The van der Waals surface area contributed by atoms with Crippen molar-refractivity contribution in [1.29, 1.82) is 0 Å². The molecule has 22 heavy (non-hydrogen) atoms. The summed E-state index contributed by atoms with van der Waals surface area (Å²) in [5.41, 5.74) is 3.20. The van der Waals surface area contributed by atoms with Crippen LogP contribution in [0.15, 0.2) is 59.7 Å². The van der Waals surface area contributed by atoms with Crippen molar-refractivity contribution in [3.63, 3.8) is 0 Å². The molecule has 4 nitrogen and oxygen atoms in total. The number of rotatable bonds is 3. The Balaban J connectivity index is 1.82. The van der Waals surface area contributed by atoms with Crippen molar-refractivity contribution in [2.45, 2.75) is 13.3 Å². The first-order chi connectivity index (χ1) is 10.7. The van der Waals surface area contributed by atoms with Crippen LogP contribution >= 0.6 is 0 Å². The minimum atomic E-state index is -0.220. The maximum absolute atomic E-state index is 12.6. The molecule has 0 radical (unpaired) electrons. The van der Waals surface area contributed by atoms with Gasteiger partial charge < -0.3 is 0 Å². The monoisotopic (exact) mass is 289 g/mol. The van der Waals surface area contributed by atoms with Gasteiger partial charge in [0.25, 0.3) is 5.91 Å². The molecular weight excluding hydrogens is 274 g/mol. The van der Waals surface area contributed by atoms with Crippen LogP contribution in [0.5, 0.6) is 0 Å². The predicted molar refractivity (Wildman–Crippen MR) is 86.9 cm³/mol. The van der Waals surface area contributed by atoms with Gasteiger partial charge in [-0.1, -0.05) is 42.5 Å². The number of amides is 1. The molecule has 0 N–H and O–H groups in total. The second-order valence-corrected chi connectivity index (χ2v) is 5.26. The van der Waals surface area contributed by atoms with Crippen molar-refractivity contribution < 1.29 is 4.79 Å². The van der Waals surface area contributed by atoms with Crippen LogP contribution in [0.4, 0.5) is 11.4 Å². The van der Waals surface area contributed by atoms with E-state index in [1.807, 2.05) is 37.3 Å². The van der Waals surface area contributed by atoms with E-state index in [2.05, 4.69) is 9.95 Å². The molecule has 2 aromatic rings. The third-order valence-electron chi connectivity index (χ3n) is 3.77. The standard InChI is InChI=1S/C18H15N3O/c1-13-17(12-14-6-4-3-5-7-14)18(22)21(20-13)16-10-8-15(19-2)9-11-16/h3-11,17H,12H2,1H3. The average molecular weight is 289 g/mol. The molecule has 0 spiro atoms. The van der Waals surface area contributed by atoms with Crippen molar-refractivity contribution in [1.82, 2.24) is 0 Å². The van der Waals surface area contributed by atoms with Crippen LogP contribution < -0.4 is 5.01 Å². The van der Waals surface area contributed by atoms with Gasteiger partial charge in [0.2, 0.25) is 0 Å². The van der Waals surface area contributed by atoms with Crippen molar-refractivity contribution in [2.75, 3.05) is 5.01 Å². The van der Waals surface area contributed by atoms with Crippen molar-refractivity contribution >= 4 is 23.0 Å². The lowest BCUT2D eigenvalue weighted by molar-refractivity contribution is -0.119. The summed E-state index contributed by atoms with van der Waals surface area (Å²) < 4.78 is 0. The van der Waals surface area contributed by atoms with E-state index < -0.39 is 0 Å². The molecule has 1 atom stereocenters. The van der Waals surface area contributed by atoms with E-state index in [1.165, 1.54) is 5.01 Å². The highest BCUT2D eigenvalue weighted by molar-refractivity contribution is 6.14. The summed E-state index contributed by atoms with van der Waals surface area (Å²) in [6.07, 6.45) is 0.658. The molecule has 4 heteroatoms. The van der Waals surface area contributed by atoms with Gasteiger partial charge in [-0.15, -0.1) is 0 Å². The SMILES string of the molecule is [C-]#[N+]c1ccc(N2N=C(C)C(Cc3ccccc3)C2=O)cc1. The van der Waals surface area contributed by atoms with E-state index in [1.54, 1.807) is 24.3 Å². The Labute approximate surface area is 129 Å². The van der Waals surface area contributed by atoms with E-state index in [9.17, 15) is 4.79 Å². The van der Waals surface area contributed by atoms with Gasteiger partial charge in [-0.25, -0.2) is 9.85 Å². The van der Waals surface area contributed by atoms with Crippen LogP contribution in [-0.4, -0.2) is 11.6 Å². The van der Waals surface area contributed by atoms with Crippen LogP contribution in [0.2, 0.25) is 0 Å². The molecule has 1 aliphatic heterocycles. The molecule has 108 valence electrons. The topological polar surface area (TPSA) is 37.0 Å². The number of hydrazone groups is 1. The minimum absolute atomic E-state index is 0.0167. The van der Waals surface area contributed by atoms with E-state index >= 15 is 0 Å². The zero-order valence-corrected chi connectivity index (χ0v) is 12.2. The molecular formula is C18H15N3O. The summed E-state index contributed by atoms with van der Waals surface area (Å²) >= 11 is 0. The number of hydrogen-bond acceptors (Lipinski definition) is 2. The second-order valence-electron chi connectivity index (χ2n) is 5.26. The first kappa shape index (κ1) is 14.0. The molecule has 1 heterocycles. The molecule has 3 rings (SSSR count). The van der Waals surface area contributed by atoms with Gasteiger partial charge in [0.15, 0.2) is 5.69 Å². The summed E-state index contributed by atoms with van der Waals surface area (Å²) in [6.45, 7) is 8.86. The van der Waals surface area contributed by atoms with Crippen LogP contribution in [-0.2, 0) is 11.2 Å². The number of benzene rings is 2. The highest BCUT2D eigenvalue weighted by atomic mass is 16.2. The molecule has 0 fully saturated rings. The zero-order valence-electron chi connectivity index (χ0n) is 12.2.